The molecule has 0 spiro atoms. The van der Waals surface area contributed by atoms with E-state index in [1.165, 1.54) is 30.0 Å². The van der Waals surface area contributed by atoms with Crippen molar-refractivity contribution in [2.24, 2.45) is 0 Å². The summed E-state index contributed by atoms with van der Waals surface area (Å²) >= 11 is 8.18. The minimum Gasteiger partial charge on any atom is -0.449 e. The van der Waals surface area contributed by atoms with E-state index in [9.17, 15) is 14.4 Å². The van der Waals surface area contributed by atoms with Crippen LogP contribution in [0.25, 0.3) is 5.69 Å². The molecule has 3 amide bonds. The third kappa shape index (κ3) is 5.62. The number of urea groups is 1. The van der Waals surface area contributed by atoms with Gasteiger partial charge in [-0.05, 0) is 56.6 Å². The molecule has 0 radical (unpaired) electrons. The van der Waals surface area contributed by atoms with Crippen LogP contribution in [0.1, 0.15) is 24.2 Å². The van der Waals surface area contributed by atoms with Gasteiger partial charge in [-0.15, -0.1) is 5.10 Å². The molecule has 2 N–H and O–H groups in total. The molecule has 144 valence electrons. The van der Waals surface area contributed by atoms with Crippen molar-refractivity contribution in [3.63, 3.8) is 0 Å². The molecular weight excluding hydrogens is 408 g/mol. The summed E-state index contributed by atoms with van der Waals surface area (Å²) in [4.78, 5) is 35.4. The fourth-order valence-corrected chi connectivity index (χ4v) is 3.72. The van der Waals surface area contributed by atoms with Crippen LogP contribution >= 0.6 is 35.3 Å². The molecule has 0 fully saturated rings. The predicted molar refractivity (Wildman–Crippen MR) is 106 cm³/mol. The summed E-state index contributed by atoms with van der Waals surface area (Å²) in [7, 11) is 0. The van der Waals surface area contributed by atoms with E-state index >= 15 is 0 Å². The van der Waals surface area contributed by atoms with E-state index in [1.807, 2.05) is 6.26 Å². The summed E-state index contributed by atoms with van der Waals surface area (Å²) in [6, 6.07) is 5.86. The first kappa shape index (κ1) is 21.1. The zero-order valence-corrected chi connectivity index (χ0v) is 17.3. The van der Waals surface area contributed by atoms with Gasteiger partial charge in [0.1, 0.15) is 0 Å². The van der Waals surface area contributed by atoms with Gasteiger partial charge in [-0.2, -0.15) is 0 Å². The highest BCUT2D eigenvalue weighted by Gasteiger charge is 2.20. The lowest BCUT2D eigenvalue weighted by atomic mass is 10.2. The first-order valence-corrected chi connectivity index (χ1v) is 10.3. The Morgan fingerprint density at radius 1 is 1.33 bits per heavy atom. The molecule has 1 heterocycles. The van der Waals surface area contributed by atoms with Crippen LogP contribution in [0.2, 0.25) is 0 Å². The second kappa shape index (κ2) is 9.62. The zero-order valence-electron chi connectivity index (χ0n) is 14.8. The Balaban J connectivity index is 2.02. The standard InChI is InChI=1S/C16H18N4O4S3/c1-4-17-14(23)18-12(21)9(2)24-13(22)10-5-7-11(8-6-10)20-16(25)27-15(19-20)26-3/h5-9H,4H2,1-3H3,(H2,17,18,21,23)/t9-/m0/s1. The number of thioether (sulfide) groups is 1. The summed E-state index contributed by atoms with van der Waals surface area (Å²) in [5.41, 5.74) is 0.985. The molecule has 0 aliphatic rings. The van der Waals surface area contributed by atoms with Gasteiger partial charge in [0.05, 0.1) is 11.3 Å². The Morgan fingerprint density at radius 3 is 2.56 bits per heavy atom. The largest absolute Gasteiger partial charge is 0.449 e. The molecule has 27 heavy (non-hydrogen) atoms. The Morgan fingerprint density at radius 2 is 2.00 bits per heavy atom. The van der Waals surface area contributed by atoms with Gasteiger partial charge in [0.25, 0.3) is 5.91 Å². The molecule has 0 aliphatic heterocycles. The minimum atomic E-state index is -1.11. The smallest absolute Gasteiger partial charge is 0.338 e. The maximum atomic E-state index is 12.2. The van der Waals surface area contributed by atoms with Crippen LogP contribution in [-0.4, -0.2) is 46.6 Å². The van der Waals surface area contributed by atoms with Crippen LogP contribution in [0.15, 0.2) is 28.6 Å². The molecule has 0 saturated heterocycles. The van der Waals surface area contributed by atoms with E-state index in [1.54, 1.807) is 35.9 Å². The summed E-state index contributed by atoms with van der Waals surface area (Å²) < 4.78 is 8.15. The molecule has 2 rings (SSSR count). The summed E-state index contributed by atoms with van der Waals surface area (Å²) in [6.45, 7) is 3.48. The molecule has 2 aromatic rings. The molecule has 1 aromatic heterocycles. The van der Waals surface area contributed by atoms with Gasteiger partial charge >= 0.3 is 12.0 Å². The number of rotatable bonds is 6. The Labute approximate surface area is 169 Å². The highest BCUT2D eigenvalue weighted by Crippen LogP contribution is 2.22. The van der Waals surface area contributed by atoms with Crippen molar-refractivity contribution < 1.29 is 19.1 Å². The van der Waals surface area contributed by atoms with Crippen molar-refractivity contribution in [3.8, 4) is 5.69 Å². The van der Waals surface area contributed by atoms with Crippen LogP contribution in [-0.2, 0) is 9.53 Å². The second-order valence-electron chi connectivity index (χ2n) is 5.19. The monoisotopic (exact) mass is 426 g/mol. The predicted octanol–water partition coefficient (Wildman–Crippen LogP) is 2.78. The number of amides is 3. The van der Waals surface area contributed by atoms with Crippen molar-refractivity contribution in [1.29, 1.82) is 0 Å². The molecule has 8 nitrogen and oxygen atoms in total. The lowest BCUT2D eigenvalue weighted by Gasteiger charge is -2.13. The van der Waals surface area contributed by atoms with Gasteiger partial charge in [-0.1, -0.05) is 23.1 Å². The van der Waals surface area contributed by atoms with E-state index in [0.717, 1.165) is 10.0 Å². The fourth-order valence-electron chi connectivity index (χ4n) is 1.95. The number of nitrogens with one attached hydrogen (secondary N) is 2. The molecule has 0 saturated carbocycles. The third-order valence-electron chi connectivity index (χ3n) is 3.28. The van der Waals surface area contributed by atoms with E-state index in [2.05, 4.69) is 15.7 Å². The minimum absolute atomic E-state index is 0.267. The van der Waals surface area contributed by atoms with Gasteiger partial charge in [0, 0.05) is 6.54 Å². The van der Waals surface area contributed by atoms with Gasteiger partial charge in [-0.3, -0.25) is 10.1 Å². The number of hydrogen-bond donors (Lipinski definition) is 2. The van der Waals surface area contributed by atoms with Crippen molar-refractivity contribution in [1.82, 2.24) is 20.4 Å². The number of hydrogen-bond acceptors (Lipinski definition) is 8. The maximum absolute atomic E-state index is 12.2. The van der Waals surface area contributed by atoms with Gasteiger partial charge in [0.2, 0.25) is 0 Å². The molecule has 0 bridgehead atoms. The maximum Gasteiger partial charge on any atom is 0.338 e. The highest BCUT2D eigenvalue weighted by atomic mass is 32.2. The summed E-state index contributed by atoms with van der Waals surface area (Å²) in [6.07, 6.45) is 0.802. The van der Waals surface area contributed by atoms with Crippen LogP contribution < -0.4 is 10.6 Å². The number of carbonyl (C=O) groups is 3. The van der Waals surface area contributed by atoms with E-state index < -0.39 is 24.0 Å². The Hall–Kier alpha value is -2.24. The number of benzene rings is 1. The fraction of sp³-hybridized carbons (Fsp3) is 0.312. The second-order valence-corrected chi connectivity index (χ2v) is 7.87. The first-order valence-electron chi connectivity index (χ1n) is 7.90. The van der Waals surface area contributed by atoms with Gasteiger partial charge in [0.15, 0.2) is 14.4 Å². The quantitative estimate of drug-likeness (QED) is 0.416. The van der Waals surface area contributed by atoms with Crippen molar-refractivity contribution in [2.45, 2.75) is 24.3 Å². The molecule has 11 heteroatoms. The normalized spacial score (nSPS) is 11.5. The Bertz CT molecular complexity index is 892. The first-order chi connectivity index (χ1) is 12.8. The summed E-state index contributed by atoms with van der Waals surface area (Å²) in [5, 5.41) is 8.89. The lowest BCUT2D eigenvalue weighted by molar-refractivity contribution is -0.127. The number of nitrogens with zero attached hydrogens (tertiary/aromatic N) is 2. The van der Waals surface area contributed by atoms with E-state index in [4.69, 9.17) is 17.0 Å². The molecule has 0 aliphatic carbocycles. The lowest BCUT2D eigenvalue weighted by Crippen LogP contribution is -2.44. The van der Waals surface area contributed by atoms with Crippen molar-refractivity contribution >= 4 is 53.2 Å². The number of ether oxygens (including phenoxy) is 1. The molecular formula is C16H18N4O4S3. The average molecular weight is 427 g/mol. The van der Waals surface area contributed by atoms with Crippen molar-refractivity contribution in [2.75, 3.05) is 12.8 Å². The van der Waals surface area contributed by atoms with E-state index in [0.29, 0.717) is 10.5 Å². The van der Waals surface area contributed by atoms with Crippen LogP contribution in [0.3, 0.4) is 0 Å². The Kier molecular flexibility index (Phi) is 7.51. The average Bonchev–Trinajstić information content (AvgIpc) is 3.02. The highest BCUT2D eigenvalue weighted by molar-refractivity contribution is 8.00. The van der Waals surface area contributed by atoms with Crippen LogP contribution in [0.5, 0.6) is 0 Å². The molecule has 1 aromatic carbocycles. The third-order valence-corrected chi connectivity index (χ3v) is 5.49. The number of aromatic nitrogens is 2. The SMILES string of the molecule is CCNC(=O)NC(=O)[C@H](C)OC(=O)c1ccc(-n2nc(SC)sc2=S)cc1. The number of carbonyl (C=O) groups excluding carboxylic acids is 3. The topological polar surface area (TPSA) is 102 Å². The van der Waals surface area contributed by atoms with Crippen molar-refractivity contribution in [3.05, 3.63) is 33.8 Å². The van der Waals surface area contributed by atoms with Gasteiger partial charge in [-0.25, -0.2) is 14.3 Å². The molecule has 0 unspecified atom stereocenters. The number of esters is 1. The van der Waals surface area contributed by atoms with Crippen LogP contribution in [0.4, 0.5) is 4.79 Å². The summed E-state index contributed by atoms with van der Waals surface area (Å²) in [5.74, 6) is -1.38. The van der Waals surface area contributed by atoms with Gasteiger partial charge < -0.3 is 10.1 Å². The van der Waals surface area contributed by atoms with Crippen LogP contribution in [0, 0.1) is 3.95 Å². The number of imide groups is 1. The zero-order chi connectivity index (χ0) is 20.0. The van der Waals surface area contributed by atoms with E-state index in [-0.39, 0.29) is 5.56 Å². The molecule has 1 atom stereocenters.